The fourth-order valence-corrected chi connectivity index (χ4v) is 3.50. The SMILES string of the molecule is Cc1c(Cl)ccc(-n2cnnn2)c1-c1ccn(CC(=O)Nc2ccc(C(=O)O)cc2)c(=O)c1. The van der Waals surface area contributed by atoms with E-state index in [9.17, 15) is 14.4 Å². The predicted octanol–water partition coefficient (Wildman–Crippen LogP) is 2.79. The minimum absolute atomic E-state index is 0.108. The average molecular weight is 465 g/mol. The molecule has 0 unspecified atom stereocenters. The standard InChI is InChI=1S/C22H17ClN6O4/c1-13-17(23)6-7-18(29-12-24-26-27-29)21(13)15-8-9-28(20(31)10-15)11-19(30)25-16-4-2-14(3-5-16)22(32)33/h2-10,12H,11H2,1H3,(H,25,30)(H,32,33). The van der Waals surface area contributed by atoms with Crippen LogP contribution in [0.1, 0.15) is 15.9 Å². The summed E-state index contributed by atoms with van der Waals surface area (Å²) in [7, 11) is 0. The average Bonchev–Trinajstić information content (AvgIpc) is 3.32. The van der Waals surface area contributed by atoms with Gasteiger partial charge >= 0.3 is 5.97 Å². The summed E-state index contributed by atoms with van der Waals surface area (Å²) in [6, 6.07) is 12.3. The minimum Gasteiger partial charge on any atom is -0.478 e. The van der Waals surface area contributed by atoms with Crippen molar-refractivity contribution >= 4 is 29.2 Å². The number of carboxylic acids is 1. The monoisotopic (exact) mass is 464 g/mol. The van der Waals surface area contributed by atoms with E-state index in [1.807, 2.05) is 6.92 Å². The molecular weight excluding hydrogens is 448 g/mol. The Morgan fingerprint density at radius 1 is 1.12 bits per heavy atom. The Morgan fingerprint density at radius 2 is 1.88 bits per heavy atom. The third-order valence-corrected chi connectivity index (χ3v) is 5.40. The number of aromatic carboxylic acids is 1. The molecule has 166 valence electrons. The molecule has 0 aliphatic rings. The molecular formula is C22H17ClN6O4. The number of amides is 1. The first-order valence-corrected chi connectivity index (χ1v) is 10.1. The lowest BCUT2D eigenvalue weighted by atomic mass is 9.99. The van der Waals surface area contributed by atoms with Crippen molar-refractivity contribution in [1.82, 2.24) is 24.8 Å². The van der Waals surface area contributed by atoms with Gasteiger partial charge in [0, 0.05) is 28.5 Å². The largest absolute Gasteiger partial charge is 0.478 e. The summed E-state index contributed by atoms with van der Waals surface area (Å²) in [5.41, 5.74) is 2.86. The zero-order chi connectivity index (χ0) is 23.5. The molecule has 2 N–H and O–H groups in total. The molecule has 2 aromatic carbocycles. The van der Waals surface area contributed by atoms with E-state index in [-0.39, 0.29) is 17.7 Å². The van der Waals surface area contributed by atoms with Crippen molar-refractivity contribution in [3.8, 4) is 16.8 Å². The second-order valence-electron chi connectivity index (χ2n) is 7.13. The van der Waals surface area contributed by atoms with E-state index in [0.717, 1.165) is 5.56 Å². The molecule has 4 aromatic rings. The molecule has 0 fully saturated rings. The van der Waals surface area contributed by atoms with Gasteiger partial charge in [0.25, 0.3) is 5.56 Å². The molecule has 11 heteroatoms. The van der Waals surface area contributed by atoms with Crippen molar-refractivity contribution in [2.75, 3.05) is 5.32 Å². The molecule has 4 rings (SSSR count). The van der Waals surface area contributed by atoms with Crippen molar-refractivity contribution in [1.29, 1.82) is 0 Å². The maximum atomic E-state index is 12.8. The molecule has 0 spiro atoms. The van der Waals surface area contributed by atoms with E-state index in [0.29, 0.717) is 27.5 Å². The molecule has 0 saturated carbocycles. The summed E-state index contributed by atoms with van der Waals surface area (Å²) in [4.78, 5) is 36.1. The molecule has 2 heterocycles. The highest BCUT2D eigenvalue weighted by Crippen LogP contribution is 2.33. The number of nitrogens with zero attached hydrogens (tertiary/aromatic N) is 5. The van der Waals surface area contributed by atoms with Crippen LogP contribution in [0.5, 0.6) is 0 Å². The van der Waals surface area contributed by atoms with Gasteiger partial charge < -0.3 is 15.0 Å². The number of rotatable bonds is 6. The summed E-state index contributed by atoms with van der Waals surface area (Å²) in [5.74, 6) is -1.49. The van der Waals surface area contributed by atoms with Crippen LogP contribution in [0.25, 0.3) is 16.8 Å². The second kappa shape index (κ2) is 9.05. The molecule has 10 nitrogen and oxygen atoms in total. The maximum Gasteiger partial charge on any atom is 0.335 e. The Morgan fingerprint density at radius 3 is 2.52 bits per heavy atom. The van der Waals surface area contributed by atoms with Crippen LogP contribution in [0.15, 0.2) is 65.8 Å². The number of nitrogens with one attached hydrogen (secondary N) is 1. The van der Waals surface area contributed by atoms with Gasteiger partial charge in [-0.3, -0.25) is 9.59 Å². The van der Waals surface area contributed by atoms with E-state index in [2.05, 4.69) is 20.8 Å². The number of tetrazole rings is 1. The van der Waals surface area contributed by atoms with Crippen molar-refractivity contribution in [3.05, 3.63) is 87.6 Å². The zero-order valence-corrected chi connectivity index (χ0v) is 18.0. The zero-order valence-electron chi connectivity index (χ0n) is 17.3. The first kappa shape index (κ1) is 21.9. The number of hydrogen-bond acceptors (Lipinski definition) is 6. The second-order valence-corrected chi connectivity index (χ2v) is 7.54. The van der Waals surface area contributed by atoms with Crippen LogP contribution in [-0.4, -0.2) is 41.8 Å². The molecule has 0 atom stereocenters. The van der Waals surface area contributed by atoms with Gasteiger partial charge in [-0.15, -0.1) is 5.10 Å². The van der Waals surface area contributed by atoms with E-state index in [1.165, 1.54) is 52.1 Å². The van der Waals surface area contributed by atoms with E-state index >= 15 is 0 Å². The fraction of sp³-hybridized carbons (Fsp3) is 0.0909. The van der Waals surface area contributed by atoms with Gasteiger partial charge in [0.15, 0.2) is 0 Å². The summed E-state index contributed by atoms with van der Waals surface area (Å²) in [5, 5.41) is 23.4. The number of anilines is 1. The van der Waals surface area contributed by atoms with Crippen molar-refractivity contribution in [3.63, 3.8) is 0 Å². The lowest BCUT2D eigenvalue weighted by Gasteiger charge is -2.14. The number of carbonyl (C=O) groups is 2. The lowest BCUT2D eigenvalue weighted by molar-refractivity contribution is -0.116. The Bertz CT molecular complexity index is 1400. The van der Waals surface area contributed by atoms with E-state index in [4.69, 9.17) is 16.7 Å². The van der Waals surface area contributed by atoms with Crippen molar-refractivity contribution < 1.29 is 14.7 Å². The Labute approximate surface area is 192 Å². The summed E-state index contributed by atoms with van der Waals surface area (Å²) in [6.07, 6.45) is 2.97. The number of benzene rings is 2. The van der Waals surface area contributed by atoms with Crippen LogP contribution >= 0.6 is 11.6 Å². The minimum atomic E-state index is -1.06. The number of hydrogen-bond donors (Lipinski definition) is 2. The number of aromatic nitrogens is 5. The molecule has 1 amide bonds. The Balaban J connectivity index is 1.58. The molecule has 0 bridgehead atoms. The highest BCUT2D eigenvalue weighted by atomic mass is 35.5. The number of pyridine rings is 1. The molecule has 2 aromatic heterocycles. The maximum absolute atomic E-state index is 12.8. The predicted molar refractivity (Wildman–Crippen MR) is 121 cm³/mol. The summed E-state index contributed by atoms with van der Waals surface area (Å²) >= 11 is 6.31. The Hall–Kier alpha value is -4.31. The van der Waals surface area contributed by atoms with Crippen LogP contribution in [-0.2, 0) is 11.3 Å². The third kappa shape index (κ3) is 4.65. The quantitative estimate of drug-likeness (QED) is 0.448. The van der Waals surface area contributed by atoms with Gasteiger partial charge in [0.05, 0.1) is 11.3 Å². The third-order valence-electron chi connectivity index (χ3n) is 4.99. The van der Waals surface area contributed by atoms with Crippen molar-refractivity contribution in [2.24, 2.45) is 0 Å². The highest BCUT2D eigenvalue weighted by Gasteiger charge is 2.15. The normalized spacial score (nSPS) is 10.7. The number of carbonyl (C=O) groups excluding carboxylic acids is 1. The van der Waals surface area contributed by atoms with Gasteiger partial charge in [-0.25, -0.2) is 4.79 Å². The topological polar surface area (TPSA) is 132 Å². The summed E-state index contributed by atoms with van der Waals surface area (Å²) in [6.45, 7) is 1.62. The van der Waals surface area contributed by atoms with Crippen molar-refractivity contribution in [2.45, 2.75) is 13.5 Å². The molecule has 33 heavy (non-hydrogen) atoms. The first-order valence-electron chi connectivity index (χ1n) is 9.70. The van der Waals surface area contributed by atoms with Crippen LogP contribution in [0.4, 0.5) is 5.69 Å². The molecule has 0 radical (unpaired) electrons. The summed E-state index contributed by atoms with van der Waals surface area (Å²) < 4.78 is 2.74. The van der Waals surface area contributed by atoms with E-state index < -0.39 is 11.9 Å². The molecule has 0 aliphatic carbocycles. The van der Waals surface area contributed by atoms with Gasteiger partial charge in [0.1, 0.15) is 12.9 Å². The van der Waals surface area contributed by atoms with Gasteiger partial charge in [-0.05, 0) is 70.9 Å². The smallest absolute Gasteiger partial charge is 0.335 e. The van der Waals surface area contributed by atoms with E-state index in [1.54, 1.807) is 18.2 Å². The van der Waals surface area contributed by atoms with Gasteiger partial charge in [0.2, 0.25) is 5.91 Å². The Kier molecular flexibility index (Phi) is 6.01. The lowest BCUT2D eigenvalue weighted by Crippen LogP contribution is -2.26. The van der Waals surface area contributed by atoms with Gasteiger partial charge in [-0.2, -0.15) is 4.68 Å². The van der Waals surface area contributed by atoms with Crippen LogP contribution in [0.3, 0.4) is 0 Å². The van der Waals surface area contributed by atoms with Crippen LogP contribution < -0.4 is 10.9 Å². The molecule has 0 aliphatic heterocycles. The fourth-order valence-electron chi connectivity index (χ4n) is 3.34. The van der Waals surface area contributed by atoms with Crippen LogP contribution in [0, 0.1) is 6.92 Å². The molecule has 0 saturated heterocycles. The number of carboxylic acid groups (broad SMARTS) is 1. The highest BCUT2D eigenvalue weighted by molar-refractivity contribution is 6.31. The number of halogens is 1. The van der Waals surface area contributed by atoms with Gasteiger partial charge in [-0.1, -0.05) is 11.6 Å². The first-order chi connectivity index (χ1) is 15.8. The van der Waals surface area contributed by atoms with Crippen LogP contribution in [0.2, 0.25) is 5.02 Å².